The molecule has 1 atom stereocenters. The maximum Gasteiger partial charge on any atom is 0.0556 e. The standard InChI is InChI=1S/C9H15N3O/c1-7(12-2-3-13)8-4-9(10)6-11-5-8/h4-7,12-13H,2-3,10H2,1H3/t7-/m0/s1. The summed E-state index contributed by atoms with van der Waals surface area (Å²) in [5, 5.41) is 11.7. The van der Waals surface area contributed by atoms with Crippen LogP contribution in [0.1, 0.15) is 18.5 Å². The highest BCUT2D eigenvalue weighted by molar-refractivity contribution is 5.37. The lowest BCUT2D eigenvalue weighted by Gasteiger charge is -2.12. The number of hydrogen-bond donors (Lipinski definition) is 3. The number of nitrogen functional groups attached to an aromatic ring is 1. The molecule has 0 bridgehead atoms. The van der Waals surface area contributed by atoms with Crippen molar-refractivity contribution in [1.82, 2.24) is 10.3 Å². The van der Waals surface area contributed by atoms with Crippen molar-refractivity contribution in [3.63, 3.8) is 0 Å². The molecular formula is C9H15N3O. The van der Waals surface area contributed by atoms with Crippen LogP contribution in [0.3, 0.4) is 0 Å². The summed E-state index contributed by atoms with van der Waals surface area (Å²) < 4.78 is 0. The van der Waals surface area contributed by atoms with E-state index >= 15 is 0 Å². The van der Waals surface area contributed by atoms with Crippen molar-refractivity contribution < 1.29 is 5.11 Å². The molecule has 0 spiro atoms. The van der Waals surface area contributed by atoms with Gasteiger partial charge in [0.05, 0.1) is 12.3 Å². The third-order valence-electron chi connectivity index (χ3n) is 1.84. The van der Waals surface area contributed by atoms with Crippen molar-refractivity contribution in [3.05, 3.63) is 24.0 Å². The van der Waals surface area contributed by atoms with Gasteiger partial charge in [0.1, 0.15) is 0 Å². The Labute approximate surface area is 77.8 Å². The highest BCUT2D eigenvalue weighted by Gasteiger charge is 2.03. The zero-order valence-electron chi connectivity index (χ0n) is 7.70. The molecule has 0 saturated heterocycles. The Balaban J connectivity index is 2.60. The summed E-state index contributed by atoms with van der Waals surface area (Å²) in [5.41, 5.74) is 7.28. The fourth-order valence-electron chi connectivity index (χ4n) is 1.11. The van der Waals surface area contributed by atoms with E-state index in [9.17, 15) is 0 Å². The fraction of sp³-hybridized carbons (Fsp3) is 0.444. The van der Waals surface area contributed by atoms with Crippen LogP contribution in [0.4, 0.5) is 5.69 Å². The van der Waals surface area contributed by atoms with Crippen molar-refractivity contribution >= 4 is 5.69 Å². The minimum absolute atomic E-state index is 0.139. The van der Waals surface area contributed by atoms with Gasteiger partial charge in [-0.3, -0.25) is 4.98 Å². The average molecular weight is 181 g/mol. The van der Waals surface area contributed by atoms with Gasteiger partial charge in [-0.25, -0.2) is 0 Å². The van der Waals surface area contributed by atoms with E-state index in [2.05, 4.69) is 10.3 Å². The van der Waals surface area contributed by atoms with Gasteiger partial charge in [0.25, 0.3) is 0 Å². The summed E-state index contributed by atoms with van der Waals surface area (Å²) >= 11 is 0. The molecule has 4 heteroatoms. The topological polar surface area (TPSA) is 71.2 Å². The maximum absolute atomic E-state index is 8.61. The van der Waals surface area contributed by atoms with Crippen LogP contribution >= 0.6 is 0 Å². The quantitative estimate of drug-likeness (QED) is 0.625. The van der Waals surface area contributed by atoms with E-state index < -0.39 is 0 Å². The van der Waals surface area contributed by atoms with E-state index in [0.717, 1.165) is 5.56 Å². The van der Waals surface area contributed by atoms with Gasteiger partial charge in [-0.2, -0.15) is 0 Å². The lowest BCUT2D eigenvalue weighted by Crippen LogP contribution is -2.22. The first-order chi connectivity index (χ1) is 6.24. The summed E-state index contributed by atoms with van der Waals surface area (Å²) in [6.45, 7) is 2.72. The Morgan fingerprint density at radius 3 is 3.00 bits per heavy atom. The molecule has 0 aliphatic rings. The summed E-state index contributed by atoms with van der Waals surface area (Å²) in [4.78, 5) is 3.99. The van der Waals surface area contributed by atoms with Crippen LogP contribution in [-0.4, -0.2) is 23.2 Å². The Kier molecular flexibility index (Phi) is 3.67. The largest absolute Gasteiger partial charge is 0.397 e. The summed E-state index contributed by atoms with van der Waals surface area (Å²) in [7, 11) is 0. The van der Waals surface area contributed by atoms with Gasteiger partial charge in [-0.1, -0.05) is 0 Å². The molecule has 0 aliphatic carbocycles. The molecule has 0 fully saturated rings. The van der Waals surface area contributed by atoms with Crippen LogP contribution in [0.5, 0.6) is 0 Å². The predicted octanol–water partition coefficient (Wildman–Crippen LogP) is 0.307. The van der Waals surface area contributed by atoms with Crippen molar-refractivity contribution in [2.45, 2.75) is 13.0 Å². The maximum atomic E-state index is 8.61. The third kappa shape index (κ3) is 3.01. The number of rotatable bonds is 4. The van der Waals surface area contributed by atoms with Crippen LogP contribution in [0.25, 0.3) is 0 Å². The second kappa shape index (κ2) is 4.79. The number of aliphatic hydroxyl groups excluding tert-OH is 1. The molecule has 0 aliphatic heterocycles. The van der Waals surface area contributed by atoms with E-state index in [1.807, 2.05) is 13.0 Å². The Morgan fingerprint density at radius 1 is 1.62 bits per heavy atom. The van der Waals surface area contributed by atoms with E-state index in [0.29, 0.717) is 12.2 Å². The first-order valence-corrected chi connectivity index (χ1v) is 4.28. The Bertz CT molecular complexity index is 265. The summed E-state index contributed by atoms with van der Waals surface area (Å²) in [6, 6.07) is 2.05. The second-order valence-electron chi connectivity index (χ2n) is 2.95. The molecule has 1 rings (SSSR count). The molecule has 0 amide bonds. The normalized spacial score (nSPS) is 12.8. The molecule has 1 aromatic heterocycles. The molecule has 0 radical (unpaired) electrons. The molecular weight excluding hydrogens is 166 g/mol. The van der Waals surface area contributed by atoms with E-state index in [4.69, 9.17) is 10.8 Å². The van der Waals surface area contributed by atoms with Crippen molar-refractivity contribution in [2.24, 2.45) is 0 Å². The zero-order chi connectivity index (χ0) is 9.68. The van der Waals surface area contributed by atoms with Crippen LogP contribution in [0.15, 0.2) is 18.5 Å². The lowest BCUT2D eigenvalue weighted by atomic mass is 10.1. The number of aromatic nitrogens is 1. The molecule has 1 aromatic rings. The van der Waals surface area contributed by atoms with E-state index in [1.54, 1.807) is 12.4 Å². The third-order valence-corrected chi connectivity index (χ3v) is 1.84. The predicted molar refractivity (Wildman–Crippen MR) is 52.2 cm³/mol. The van der Waals surface area contributed by atoms with Crippen molar-refractivity contribution in [2.75, 3.05) is 18.9 Å². The minimum Gasteiger partial charge on any atom is -0.397 e. The van der Waals surface area contributed by atoms with Crippen molar-refractivity contribution in [3.8, 4) is 0 Å². The Hall–Kier alpha value is -1.13. The Morgan fingerprint density at radius 2 is 2.38 bits per heavy atom. The van der Waals surface area contributed by atoms with Crippen LogP contribution in [0.2, 0.25) is 0 Å². The second-order valence-corrected chi connectivity index (χ2v) is 2.95. The smallest absolute Gasteiger partial charge is 0.0556 e. The molecule has 0 saturated carbocycles. The SMILES string of the molecule is C[C@H](NCCO)c1cncc(N)c1. The number of pyridine rings is 1. The molecule has 72 valence electrons. The molecule has 4 N–H and O–H groups in total. The minimum atomic E-state index is 0.139. The zero-order valence-corrected chi connectivity index (χ0v) is 7.70. The first-order valence-electron chi connectivity index (χ1n) is 4.28. The number of nitrogens with zero attached hydrogens (tertiary/aromatic N) is 1. The van der Waals surface area contributed by atoms with Gasteiger partial charge in [-0.15, -0.1) is 0 Å². The number of nitrogens with two attached hydrogens (primary N) is 1. The number of hydrogen-bond acceptors (Lipinski definition) is 4. The van der Waals surface area contributed by atoms with E-state index in [-0.39, 0.29) is 12.6 Å². The van der Waals surface area contributed by atoms with Crippen molar-refractivity contribution in [1.29, 1.82) is 0 Å². The van der Waals surface area contributed by atoms with Gasteiger partial charge in [0.2, 0.25) is 0 Å². The van der Waals surface area contributed by atoms with Crippen LogP contribution in [0, 0.1) is 0 Å². The van der Waals surface area contributed by atoms with Gasteiger partial charge in [0, 0.05) is 25.0 Å². The summed E-state index contributed by atoms with van der Waals surface area (Å²) in [6.07, 6.45) is 3.38. The highest BCUT2D eigenvalue weighted by atomic mass is 16.3. The average Bonchev–Trinajstić information content (AvgIpc) is 2.14. The molecule has 4 nitrogen and oxygen atoms in total. The fourth-order valence-corrected chi connectivity index (χ4v) is 1.11. The van der Waals surface area contributed by atoms with Gasteiger partial charge in [0.15, 0.2) is 0 Å². The molecule has 1 heterocycles. The lowest BCUT2D eigenvalue weighted by molar-refractivity contribution is 0.286. The van der Waals surface area contributed by atoms with E-state index in [1.165, 1.54) is 0 Å². The number of nitrogens with one attached hydrogen (secondary N) is 1. The summed E-state index contributed by atoms with van der Waals surface area (Å²) in [5.74, 6) is 0. The van der Waals surface area contributed by atoms with Gasteiger partial charge >= 0.3 is 0 Å². The number of aliphatic hydroxyl groups is 1. The first kappa shape index (κ1) is 9.95. The van der Waals surface area contributed by atoms with Gasteiger partial charge < -0.3 is 16.2 Å². The molecule has 0 aromatic carbocycles. The van der Waals surface area contributed by atoms with Crippen LogP contribution < -0.4 is 11.1 Å². The van der Waals surface area contributed by atoms with Crippen LogP contribution in [-0.2, 0) is 0 Å². The van der Waals surface area contributed by atoms with Gasteiger partial charge in [-0.05, 0) is 18.6 Å². The molecule has 0 unspecified atom stereocenters. The molecule has 13 heavy (non-hydrogen) atoms. The monoisotopic (exact) mass is 181 g/mol. The highest BCUT2D eigenvalue weighted by Crippen LogP contribution is 2.12. The number of anilines is 1.